The van der Waals surface area contributed by atoms with Crippen LogP contribution in [0.4, 0.5) is 0 Å². The molecule has 2 unspecified atom stereocenters. The Bertz CT molecular complexity index is 939. The van der Waals surface area contributed by atoms with Crippen molar-refractivity contribution < 1.29 is 19.4 Å². The van der Waals surface area contributed by atoms with Crippen molar-refractivity contribution >= 4 is 23.4 Å². The monoisotopic (exact) mass is 417 g/mol. The van der Waals surface area contributed by atoms with Crippen molar-refractivity contribution in [3.8, 4) is 11.4 Å². The van der Waals surface area contributed by atoms with Gasteiger partial charge in [0.25, 0.3) is 5.91 Å². The Hall–Kier alpha value is -2.88. The molecule has 2 aromatic heterocycles. The number of hydrogen-bond acceptors (Lipinski definition) is 7. The number of pyridine rings is 1. The SMILES string of the molecule is C=CC(=O)N1CCOC(c2cc(Cl)nc(-c3cc(C(=O)NC)ncn3)c2)C1CO. The third kappa shape index (κ3) is 4.42. The zero-order valence-corrected chi connectivity index (χ0v) is 16.5. The van der Waals surface area contributed by atoms with E-state index in [1.165, 1.54) is 30.4 Å². The van der Waals surface area contributed by atoms with E-state index in [4.69, 9.17) is 16.3 Å². The zero-order chi connectivity index (χ0) is 21.0. The van der Waals surface area contributed by atoms with Gasteiger partial charge in [-0.1, -0.05) is 18.2 Å². The van der Waals surface area contributed by atoms with Crippen LogP contribution in [0, 0.1) is 0 Å². The van der Waals surface area contributed by atoms with Gasteiger partial charge in [-0.05, 0) is 29.8 Å². The Labute approximate surface area is 172 Å². The van der Waals surface area contributed by atoms with Gasteiger partial charge < -0.3 is 20.1 Å². The first-order valence-electron chi connectivity index (χ1n) is 8.86. The molecule has 1 aliphatic rings. The zero-order valence-electron chi connectivity index (χ0n) is 15.7. The minimum Gasteiger partial charge on any atom is -0.394 e. The molecule has 3 heterocycles. The number of morpholine rings is 1. The number of carbonyl (C=O) groups is 2. The molecular formula is C19H20ClN5O4. The molecule has 29 heavy (non-hydrogen) atoms. The molecule has 0 saturated carbocycles. The van der Waals surface area contributed by atoms with Crippen molar-refractivity contribution in [2.45, 2.75) is 12.1 Å². The van der Waals surface area contributed by atoms with Crippen molar-refractivity contribution in [1.29, 1.82) is 0 Å². The van der Waals surface area contributed by atoms with Crippen LogP contribution in [0.3, 0.4) is 0 Å². The summed E-state index contributed by atoms with van der Waals surface area (Å²) in [5, 5.41) is 12.6. The number of halogens is 1. The summed E-state index contributed by atoms with van der Waals surface area (Å²) in [5.41, 5.74) is 1.62. The van der Waals surface area contributed by atoms with E-state index < -0.39 is 12.1 Å². The van der Waals surface area contributed by atoms with E-state index in [0.29, 0.717) is 30.1 Å². The van der Waals surface area contributed by atoms with Gasteiger partial charge in [0, 0.05) is 13.6 Å². The van der Waals surface area contributed by atoms with Crippen molar-refractivity contribution in [2.75, 3.05) is 26.8 Å². The number of ether oxygens (including phenoxy) is 1. The number of aliphatic hydroxyl groups excluding tert-OH is 1. The second-order valence-electron chi connectivity index (χ2n) is 6.25. The number of nitrogens with one attached hydrogen (secondary N) is 1. The Morgan fingerprint density at radius 3 is 2.86 bits per heavy atom. The van der Waals surface area contributed by atoms with Crippen LogP contribution in [0.15, 0.2) is 37.2 Å². The first kappa shape index (κ1) is 20.8. The minimum atomic E-state index is -0.614. The largest absolute Gasteiger partial charge is 0.394 e. The Morgan fingerprint density at radius 1 is 1.38 bits per heavy atom. The first-order chi connectivity index (χ1) is 14.0. The molecule has 0 spiro atoms. The third-order valence-electron chi connectivity index (χ3n) is 4.56. The number of aliphatic hydroxyl groups is 1. The van der Waals surface area contributed by atoms with Gasteiger partial charge >= 0.3 is 0 Å². The predicted molar refractivity (Wildman–Crippen MR) is 105 cm³/mol. The molecule has 2 atom stereocenters. The number of carbonyl (C=O) groups excluding carboxylic acids is 2. The highest BCUT2D eigenvalue weighted by molar-refractivity contribution is 6.29. The summed E-state index contributed by atoms with van der Waals surface area (Å²) in [6, 6.07) is 4.21. The molecular weight excluding hydrogens is 398 g/mol. The summed E-state index contributed by atoms with van der Waals surface area (Å²) in [5.74, 6) is -0.644. The molecule has 2 N–H and O–H groups in total. The van der Waals surface area contributed by atoms with Crippen LogP contribution >= 0.6 is 11.6 Å². The fourth-order valence-electron chi connectivity index (χ4n) is 3.18. The second kappa shape index (κ2) is 9.08. The number of aromatic nitrogens is 3. The van der Waals surface area contributed by atoms with Gasteiger partial charge in [0.2, 0.25) is 5.91 Å². The normalized spacial score (nSPS) is 18.9. The van der Waals surface area contributed by atoms with Gasteiger partial charge in [-0.3, -0.25) is 9.59 Å². The fourth-order valence-corrected chi connectivity index (χ4v) is 3.40. The van der Waals surface area contributed by atoms with Crippen molar-refractivity contribution in [2.24, 2.45) is 0 Å². The van der Waals surface area contributed by atoms with Crippen LogP contribution in [0.1, 0.15) is 22.2 Å². The minimum absolute atomic E-state index is 0.185. The highest BCUT2D eigenvalue weighted by atomic mass is 35.5. The number of rotatable bonds is 5. The summed E-state index contributed by atoms with van der Waals surface area (Å²) < 4.78 is 5.85. The maximum atomic E-state index is 12.1. The first-order valence-corrected chi connectivity index (χ1v) is 9.23. The van der Waals surface area contributed by atoms with Gasteiger partial charge in [0.05, 0.1) is 30.6 Å². The number of nitrogens with zero attached hydrogens (tertiary/aromatic N) is 4. The molecule has 0 aliphatic carbocycles. The van der Waals surface area contributed by atoms with E-state index in [1.807, 2.05) is 0 Å². The average Bonchev–Trinajstić information content (AvgIpc) is 2.76. The van der Waals surface area contributed by atoms with E-state index in [9.17, 15) is 14.7 Å². The summed E-state index contributed by atoms with van der Waals surface area (Å²) in [4.78, 5) is 37.9. The van der Waals surface area contributed by atoms with E-state index in [1.54, 1.807) is 12.1 Å². The molecule has 1 saturated heterocycles. The van der Waals surface area contributed by atoms with E-state index in [0.717, 1.165) is 0 Å². The maximum absolute atomic E-state index is 12.1. The lowest BCUT2D eigenvalue weighted by atomic mass is 9.99. The van der Waals surface area contributed by atoms with Crippen LogP contribution in [0.25, 0.3) is 11.4 Å². The van der Waals surface area contributed by atoms with Crippen molar-refractivity contribution in [1.82, 2.24) is 25.2 Å². The standard InChI is InChI=1S/C19H20ClN5O4/c1-3-17(27)25-4-5-29-18(15(25)9-26)11-6-13(24-16(20)7-11)12-8-14(19(28)21-2)23-10-22-12/h3,6-8,10,15,18,26H,1,4-5,9H2,2H3,(H,21,28). The van der Waals surface area contributed by atoms with Gasteiger partial charge in [-0.25, -0.2) is 15.0 Å². The van der Waals surface area contributed by atoms with Gasteiger partial charge in [0.15, 0.2) is 0 Å². The highest BCUT2D eigenvalue weighted by Crippen LogP contribution is 2.32. The molecule has 10 heteroatoms. The Morgan fingerprint density at radius 2 is 2.17 bits per heavy atom. The molecule has 152 valence electrons. The highest BCUT2D eigenvalue weighted by Gasteiger charge is 2.35. The Kier molecular flexibility index (Phi) is 6.53. The maximum Gasteiger partial charge on any atom is 0.269 e. The van der Waals surface area contributed by atoms with Crippen molar-refractivity contribution in [3.63, 3.8) is 0 Å². The molecule has 2 amide bonds. The number of amides is 2. The van der Waals surface area contributed by atoms with Crippen molar-refractivity contribution in [3.05, 3.63) is 53.6 Å². The van der Waals surface area contributed by atoms with Crippen LogP contribution < -0.4 is 5.32 Å². The molecule has 0 aromatic carbocycles. The fraction of sp³-hybridized carbons (Fsp3) is 0.316. The quantitative estimate of drug-likeness (QED) is 0.550. The second-order valence-corrected chi connectivity index (χ2v) is 6.64. The summed E-state index contributed by atoms with van der Waals surface area (Å²) >= 11 is 6.22. The smallest absolute Gasteiger partial charge is 0.269 e. The van der Waals surface area contributed by atoms with E-state index in [-0.39, 0.29) is 29.3 Å². The third-order valence-corrected chi connectivity index (χ3v) is 4.75. The van der Waals surface area contributed by atoms with Crippen LogP contribution in [-0.4, -0.2) is 69.6 Å². The Balaban J connectivity index is 2.00. The molecule has 0 bridgehead atoms. The molecule has 3 rings (SSSR count). The van der Waals surface area contributed by atoms with Crippen LogP contribution in [-0.2, 0) is 9.53 Å². The summed E-state index contributed by atoms with van der Waals surface area (Å²) in [6.45, 7) is 3.85. The number of hydrogen-bond donors (Lipinski definition) is 2. The lowest BCUT2D eigenvalue weighted by Crippen LogP contribution is -2.51. The molecule has 1 aliphatic heterocycles. The average molecular weight is 418 g/mol. The van der Waals surface area contributed by atoms with Crippen LogP contribution in [0.5, 0.6) is 0 Å². The van der Waals surface area contributed by atoms with Gasteiger partial charge in [-0.15, -0.1) is 0 Å². The predicted octanol–water partition coefficient (Wildman–Crippen LogP) is 0.998. The lowest BCUT2D eigenvalue weighted by Gasteiger charge is -2.40. The van der Waals surface area contributed by atoms with Crippen LogP contribution in [0.2, 0.25) is 5.15 Å². The van der Waals surface area contributed by atoms with Gasteiger partial charge in [-0.2, -0.15) is 0 Å². The van der Waals surface area contributed by atoms with E-state index in [2.05, 4.69) is 26.8 Å². The van der Waals surface area contributed by atoms with Gasteiger partial charge in [0.1, 0.15) is 23.3 Å². The molecule has 2 aromatic rings. The molecule has 1 fully saturated rings. The van der Waals surface area contributed by atoms with E-state index >= 15 is 0 Å². The molecule has 9 nitrogen and oxygen atoms in total. The summed E-state index contributed by atoms with van der Waals surface area (Å²) in [6.07, 6.45) is 1.86. The molecule has 0 radical (unpaired) electrons. The topological polar surface area (TPSA) is 118 Å². The summed E-state index contributed by atoms with van der Waals surface area (Å²) in [7, 11) is 1.51. The lowest BCUT2D eigenvalue weighted by molar-refractivity contribution is -0.144.